The second-order valence-electron chi connectivity index (χ2n) is 4.66. The molecule has 1 amide bonds. The van der Waals surface area contributed by atoms with E-state index in [0.29, 0.717) is 17.0 Å². The van der Waals surface area contributed by atoms with E-state index in [0.717, 1.165) is 6.07 Å². The highest BCUT2D eigenvalue weighted by Crippen LogP contribution is 2.33. The average molecular weight is 308 g/mol. The van der Waals surface area contributed by atoms with Crippen LogP contribution in [0, 0.1) is 5.82 Å². The number of hydrogen-bond acceptors (Lipinski definition) is 3. The monoisotopic (exact) mass is 307 g/mol. The van der Waals surface area contributed by atoms with Gasteiger partial charge in [0.2, 0.25) is 0 Å². The highest BCUT2D eigenvalue weighted by Gasteiger charge is 2.20. The van der Waals surface area contributed by atoms with E-state index < -0.39 is 11.9 Å². The van der Waals surface area contributed by atoms with Crippen LogP contribution >= 0.6 is 11.6 Å². The van der Waals surface area contributed by atoms with Crippen LogP contribution in [0.5, 0.6) is 5.75 Å². The fourth-order valence-corrected chi connectivity index (χ4v) is 2.33. The third-order valence-electron chi connectivity index (χ3n) is 3.21. The van der Waals surface area contributed by atoms with Gasteiger partial charge < -0.3 is 15.2 Å². The molecule has 21 heavy (non-hydrogen) atoms. The van der Waals surface area contributed by atoms with Crippen molar-refractivity contribution in [2.45, 2.75) is 6.10 Å². The molecular formula is C15H11ClFNO3. The first-order valence-electron chi connectivity index (χ1n) is 6.24. The van der Waals surface area contributed by atoms with Gasteiger partial charge in [0.05, 0.1) is 5.69 Å². The van der Waals surface area contributed by atoms with Crippen molar-refractivity contribution in [3.8, 4) is 5.75 Å². The largest absolute Gasteiger partial charge is 0.482 e. The fraction of sp³-hybridized carbons (Fsp3) is 0.133. The zero-order chi connectivity index (χ0) is 15.0. The van der Waals surface area contributed by atoms with Gasteiger partial charge in [-0.25, -0.2) is 4.39 Å². The number of ether oxygens (including phenoxy) is 1. The lowest BCUT2D eigenvalue weighted by Gasteiger charge is -2.20. The topological polar surface area (TPSA) is 58.6 Å². The first-order valence-corrected chi connectivity index (χ1v) is 6.62. The normalized spacial score (nSPS) is 14.9. The lowest BCUT2D eigenvalue weighted by atomic mass is 10.00. The molecule has 4 nitrogen and oxygen atoms in total. The second kappa shape index (κ2) is 5.35. The van der Waals surface area contributed by atoms with Crippen LogP contribution in [-0.4, -0.2) is 17.6 Å². The minimum atomic E-state index is -1.16. The Morgan fingerprint density at radius 2 is 2.10 bits per heavy atom. The number of aliphatic hydroxyl groups is 1. The fourth-order valence-electron chi connectivity index (χ4n) is 2.17. The Hall–Kier alpha value is -2.11. The number of aliphatic hydroxyl groups excluding tert-OH is 1. The number of carbonyl (C=O) groups is 1. The maximum Gasteiger partial charge on any atom is 0.262 e. The molecule has 2 aromatic carbocycles. The smallest absolute Gasteiger partial charge is 0.262 e. The molecule has 1 atom stereocenters. The molecule has 0 saturated carbocycles. The Morgan fingerprint density at radius 3 is 2.86 bits per heavy atom. The van der Waals surface area contributed by atoms with Crippen LogP contribution in [0.4, 0.5) is 10.1 Å². The average Bonchev–Trinajstić information content (AvgIpc) is 2.46. The molecule has 3 rings (SSSR count). The molecule has 1 unspecified atom stereocenters. The summed E-state index contributed by atoms with van der Waals surface area (Å²) in [6.45, 7) is -0.0410. The van der Waals surface area contributed by atoms with Gasteiger partial charge in [-0.3, -0.25) is 4.79 Å². The molecule has 0 bridgehead atoms. The van der Waals surface area contributed by atoms with Gasteiger partial charge in [0, 0.05) is 10.6 Å². The van der Waals surface area contributed by atoms with Crippen molar-refractivity contribution in [2.24, 2.45) is 0 Å². The number of halogens is 2. The number of rotatable bonds is 2. The molecule has 108 valence electrons. The molecule has 1 aliphatic rings. The first-order chi connectivity index (χ1) is 10.0. The minimum Gasteiger partial charge on any atom is -0.482 e. The number of hydrogen-bond donors (Lipinski definition) is 2. The van der Waals surface area contributed by atoms with Crippen molar-refractivity contribution in [1.82, 2.24) is 0 Å². The van der Waals surface area contributed by atoms with Crippen LogP contribution < -0.4 is 10.1 Å². The van der Waals surface area contributed by atoms with Gasteiger partial charge in [0.15, 0.2) is 6.61 Å². The molecule has 0 aromatic heterocycles. The zero-order valence-corrected chi connectivity index (χ0v) is 11.5. The molecule has 1 aliphatic heterocycles. The van der Waals surface area contributed by atoms with E-state index in [1.165, 1.54) is 12.1 Å². The van der Waals surface area contributed by atoms with E-state index in [9.17, 15) is 14.3 Å². The Balaban J connectivity index is 1.96. The summed E-state index contributed by atoms with van der Waals surface area (Å²) in [4.78, 5) is 11.3. The van der Waals surface area contributed by atoms with Gasteiger partial charge >= 0.3 is 0 Å². The van der Waals surface area contributed by atoms with Crippen LogP contribution in [0.25, 0.3) is 0 Å². The maximum absolute atomic E-state index is 13.8. The van der Waals surface area contributed by atoms with Crippen LogP contribution in [0.3, 0.4) is 0 Å². The second-order valence-corrected chi connectivity index (χ2v) is 5.10. The first kappa shape index (κ1) is 13.9. The third-order valence-corrected chi connectivity index (χ3v) is 3.44. The SMILES string of the molecule is O=C1COc2ccc(C(O)c3ccc(Cl)cc3F)cc2N1. The van der Waals surface area contributed by atoms with Crippen LogP contribution in [0.1, 0.15) is 17.2 Å². The molecular weight excluding hydrogens is 297 g/mol. The lowest BCUT2D eigenvalue weighted by Crippen LogP contribution is -2.25. The Labute approximate surface area is 125 Å². The number of benzene rings is 2. The summed E-state index contributed by atoms with van der Waals surface area (Å²) in [5, 5.41) is 13.2. The number of fused-ring (bicyclic) bond motifs is 1. The third kappa shape index (κ3) is 2.70. The van der Waals surface area contributed by atoms with Gasteiger partial charge in [-0.2, -0.15) is 0 Å². The summed E-state index contributed by atoms with van der Waals surface area (Å²) >= 11 is 5.69. The van der Waals surface area contributed by atoms with Crippen molar-refractivity contribution in [3.05, 3.63) is 58.4 Å². The minimum absolute atomic E-state index is 0.0410. The molecule has 1 heterocycles. The van der Waals surface area contributed by atoms with Crippen molar-refractivity contribution in [3.63, 3.8) is 0 Å². The predicted octanol–water partition coefficient (Wildman–Crippen LogP) is 2.89. The maximum atomic E-state index is 13.8. The van der Waals surface area contributed by atoms with Crippen molar-refractivity contribution in [1.29, 1.82) is 0 Å². The standard InChI is InChI=1S/C15H11ClFNO3/c16-9-2-3-10(11(17)6-9)15(20)8-1-4-13-12(5-8)18-14(19)7-21-13/h1-6,15,20H,7H2,(H,18,19). The summed E-state index contributed by atoms with van der Waals surface area (Å²) in [6.07, 6.45) is -1.16. The van der Waals surface area contributed by atoms with Gasteiger partial charge in [-0.05, 0) is 29.8 Å². The van der Waals surface area contributed by atoms with Gasteiger partial charge in [0.25, 0.3) is 5.91 Å². The van der Waals surface area contributed by atoms with Crippen molar-refractivity contribution < 1.29 is 19.0 Å². The van der Waals surface area contributed by atoms with E-state index in [1.807, 2.05) is 0 Å². The summed E-state index contributed by atoms with van der Waals surface area (Å²) in [5.41, 5.74) is 1.01. The number of nitrogens with one attached hydrogen (secondary N) is 1. The molecule has 0 saturated heterocycles. The van der Waals surface area contributed by atoms with Gasteiger partial charge in [-0.15, -0.1) is 0 Å². The van der Waals surface area contributed by atoms with E-state index in [1.54, 1.807) is 18.2 Å². The van der Waals surface area contributed by atoms with Crippen LogP contribution in [0.2, 0.25) is 5.02 Å². The summed E-state index contributed by atoms with van der Waals surface area (Å²) in [7, 11) is 0. The van der Waals surface area contributed by atoms with E-state index >= 15 is 0 Å². The quantitative estimate of drug-likeness (QED) is 0.897. The van der Waals surface area contributed by atoms with Crippen molar-refractivity contribution in [2.75, 3.05) is 11.9 Å². The van der Waals surface area contributed by atoms with Crippen LogP contribution in [-0.2, 0) is 4.79 Å². The molecule has 2 N–H and O–H groups in total. The molecule has 0 fully saturated rings. The summed E-state index contributed by atoms with van der Waals surface area (Å²) in [6, 6.07) is 8.88. The van der Waals surface area contributed by atoms with E-state index in [-0.39, 0.29) is 23.1 Å². The number of carbonyl (C=O) groups excluding carboxylic acids is 1. The molecule has 0 aliphatic carbocycles. The van der Waals surface area contributed by atoms with E-state index in [2.05, 4.69) is 5.32 Å². The Kier molecular flexibility index (Phi) is 3.53. The molecule has 0 spiro atoms. The highest BCUT2D eigenvalue weighted by atomic mass is 35.5. The molecule has 2 aromatic rings. The molecule has 6 heteroatoms. The summed E-state index contributed by atoms with van der Waals surface area (Å²) in [5.74, 6) is -0.345. The number of amides is 1. The van der Waals surface area contributed by atoms with Crippen molar-refractivity contribution >= 4 is 23.2 Å². The summed E-state index contributed by atoms with van der Waals surface area (Å²) < 4.78 is 19.1. The van der Waals surface area contributed by atoms with E-state index in [4.69, 9.17) is 16.3 Å². The lowest BCUT2D eigenvalue weighted by molar-refractivity contribution is -0.118. The number of anilines is 1. The van der Waals surface area contributed by atoms with Gasteiger partial charge in [0.1, 0.15) is 17.7 Å². The van der Waals surface area contributed by atoms with Gasteiger partial charge in [-0.1, -0.05) is 23.7 Å². The predicted molar refractivity (Wildman–Crippen MR) is 76.0 cm³/mol. The zero-order valence-electron chi connectivity index (χ0n) is 10.8. The molecule has 0 radical (unpaired) electrons. The Bertz CT molecular complexity index is 720. The highest BCUT2D eigenvalue weighted by molar-refractivity contribution is 6.30. The van der Waals surface area contributed by atoms with Crippen LogP contribution in [0.15, 0.2) is 36.4 Å². The Morgan fingerprint density at radius 1 is 1.29 bits per heavy atom.